The Morgan fingerprint density at radius 2 is 1.73 bits per heavy atom. The number of hydrogen-bond acceptors (Lipinski definition) is 7. The third-order valence-electron chi connectivity index (χ3n) is 6.22. The lowest BCUT2D eigenvalue weighted by molar-refractivity contribution is 0.390. The molecule has 3 aromatic heterocycles. The normalized spacial score (nSPS) is 11.0. The molecule has 3 heterocycles. The van der Waals surface area contributed by atoms with Crippen LogP contribution in [0.3, 0.4) is 0 Å². The summed E-state index contributed by atoms with van der Waals surface area (Å²) in [5.74, 6) is 1.64. The fourth-order valence-electron chi connectivity index (χ4n) is 4.45. The number of methoxy groups -OCH3 is 2. The molecule has 0 fully saturated rings. The molecule has 5 aromatic rings. The molecule has 0 unspecified atom stereocenters. The molecule has 0 aliphatic heterocycles. The van der Waals surface area contributed by atoms with Crippen molar-refractivity contribution in [1.29, 1.82) is 0 Å². The third kappa shape index (κ3) is 4.61. The van der Waals surface area contributed by atoms with Gasteiger partial charge in [0.25, 0.3) is 0 Å². The van der Waals surface area contributed by atoms with E-state index in [0.29, 0.717) is 29.6 Å². The molecule has 0 bridgehead atoms. The van der Waals surface area contributed by atoms with Gasteiger partial charge in [0, 0.05) is 35.4 Å². The summed E-state index contributed by atoms with van der Waals surface area (Å²) < 4.78 is 14.5. The van der Waals surface area contributed by atoms with E-state index < -0.39 is 0 Å². The van der Waals surface area contributed by atoms with Gasteiger partial charge < -0.3 is 9.47 Å². The smallest absolute Gasteiger partial charge is 0.333 e. The highest BCUT2D eigenvalue weighted by Gasteiger charge is 2.19. The van der Waals surface area contributed by atoms with Crippen molar-refractivity contribution in [3.63, 3.8) is 0 Å². The molecule has 10 nitrogen and oxygen atoms in total. The van der Waals surface area contributed by atoms with Crippen LogP contribution in [0.1, 0.15) is 24.6 Å². The summed E-state index contributed by atoms with van der Waals surface area (Å²) in [4.78, 5) is 17.9. The molecule has 10 heteroatoms. The molecule has 2 aromatic carbocycles. The number of aromatic amines is 1. The highest BCUT2D eigenvalue weighted by atomic mass is 16.5. The number of ether oxygens (including phenoxy) is 2. The Labute approximate surface area is 213 Å². The van der Waals surface area contributed by atoms with Crippen molar-refractivity contribution in [2.24, 2.45) is 0 Å². The minimum absolute atomic E-state index is 0.151. The Kier molecular flexibility index (Phi) is 6.80. The Morgan fingerprint density at radius 1 is 0.973 bits per heavy atom. The molecule has 0 saturated carbocycles. The minimum atomic E-state index is -0.151. The Morgan fingerprint density at radius 3 is 2.38 bits per heavy atom. The minimum Gasteiger partial charge on any atom is -0.494 e. The number of para-hydroxylation sites is 1. The Bertz CT molecular complexity index is 1530. The summed E-state index contributed by atoms with van der Waals surface area (Å²) in [7, 11) is 3.17. The molecule has 188 valence electrons. The molecular formula is C27H27N7O3. The van der Waals surface area contributed by atoms with Crippen molar-refractivity contribution in [3.05, 3.63) is 88.9 Å². The summed E-state index contributed by atoms with van der Waals surface area (Å²) in [5, 5.41) is 14.4. The summed E-state index contributed by atoms with van der Waals surface area (Å²) in [6.45, 7) is 2.53. The summed E-state index contributed by atoms with van der Waals surface area (Å²) >= 11 is 0. The highest BCUT2D eigenvalue weighted by Crippen LogP contribution is 2.32. The maximum absolute atomic E-state index is 13.7. The lowest BCUT2D eigenvalue weighted by atomic mass is 10.0. The van der Waals surface area contributed by atoms with Crippen molar-refractivity contribution < 1.29 is 9.47 Å². The number of imidazole rings is 1. The number of benzene rings is 2. The van der Waals surface area contributed by atoms with E-state index in [1.165, 1.54) is 0 Å². The van der Waals surface area contributed by atoms with Gasteiger partial charge in [-0.1, -0.05) is 43.7 Å². The van der Waals surface area contributed by atoms with E-state index in [2.05, 4.69) is 32.5 Å². The van der Waals surface area contributed by atoms with Crippen molar-refractivity contribution in [2.75, 3.05) is 14.2 Å². The lowest BCUT2D eigenvalue weighted by Gasteiger charge is -2.12. The van der Waals surface area contributed by atoms with Crippen molar-refractivity contribution in [2.45, 2.75) is 26.3 Å². The SMILES string of the molecule is CCCc1cn(-c2c(OC)cccc2OC)c(=O)n1Cc1ccc(-c2cnccc2-c2nn[nH]n2)cc1. The van der Waals surface area contributed by atoms with Gasteiger partial charge in [-0.3, -0.25) is 14.1 Å². The highest BCUT2D eigenvalue weighted by molar-refractivity contribution is 5.79. The Hall–Kier alpha value is -4.73. The molecular weight excluding hydrogens is 470 g/mol. The van der Waals surface area contributed by atoms with Crippen LogP contribution in [0.15, 0.2) is 71.9 Å². The van der Waals surface area contributed by atoms with Crippen molar-refractivity contribution in [3.8, 4) is 39.7 Å². The zero-order chi connectivity index (χ0) is 25.8. The second kappa shape index (κ2) is 10.5. The summed E-state index contributed by atoms with van der Waals surface area (Å²) in [6.07, 6.45) is 7.04. The molecule has 5 rings (SSSR count). The molecule has 0 aliphatic carbocycles. The molecule has 0 saturated heterocycles. The lowest BCUT2D eigenvalue weighted by Crippen LogP contribution is -2.25. The van der Waals surface area contributed by atoms with Gasteiger partial charge in [0.1, 0.15) is 17.2 Å². The fourth-order valence-corrected chi connectivity index (χ4v) is 4.45. The van der Waals surface area contributed by atoms with Gasteiger partial charge in [0.05, 0.1) is 20.8 Å². The number of rotatable bonds is 9. The van der Waals surface area contributed by atoms with Crippen LogP contribution in [0.2, 0.25) is 0 Å². The number of H-pyrrole nitrogens is 1. The van der Waals surface area contributed by atoms with Gasteiger partial charge in [-0.25, -0.2) is 4.79 Å². The molecule has 37 heavy (non-hydrogen) atoms. The first kappa shape index (κ1) is 24.0. The molecule has 0 spiro atoms. The predicted molar refractivity (Wildman–Crippen MR) is 139 cm³/mol. The monoisotopic (exact) mass is 497 g/mol. The van der Waals surface area contributed by atoms with Crippen LogP contribution in [-0.4, -0.2) is 49.0 Å². The summed E-state index contributed by atoms with van der Waals surface area (Å²) in [5.41, 5.74) is 5.08. The third-order valence-corrected chi connectivity index (χ3v) is 6.22. The van der Waals surface area contributed by atoms with E-state index in [1.54, 1.807) is 35.7 Å². The first-order chi connectivity index (χ1) is 18.1. The number of hydrogen-bond donors (Lipinski definition) is 1. The van der Waals surface area contributed by atoms with Gasteiger partial charge in [0.15, 0.2) is 0 Å². The number of tetrazole rings is 1. The maximum Gasteiger partial charge on any atom is 0.333 e. The molecule has 0 atom stereocenters. The fraction of sp³-hybridized carbons (Fsp3) is 0.222. The van der Waals surface area contributed by atoms with Gasteiger partial charge >= 0.3 is 5.69 Å². The summed E-state index contributed by atoms with van der Waals surface area (Å²) in [6, 6.07) is 15.4. The van der Waals surface area contributed by atoms with E-state index in [-0.39, 0.29) is 5.69 Å². The number of aryl methyl sites for hydroxylation is 1. The van der Waals surface area contributed by atoms with Crippen molar-refractivity contribution >= 4 is 0 Å². The van der Waals surface area contributed by atoms with Gasteiger partial charge in [-0.05, 0) is 41.0 Å². The standard InChI is InChI=1S/C27H27N7O3/c1-4-6-20-17-34(25-23(36-2)7-5-8-24(25)37-3)27(35)33(20)16-18-9-11-19(12-10-18)22-15-28-14-13-21(22)26-29-31-32-30-26/h5,7-15,17H,4,6,16H2,1-3H3,(H,29,30,31,32). The van der Waals surface area contributed by atoms with E-state index in [1.807, 2.05) is 54.7 Å². The topological polar surface area (TPSA) is 113 Å². The Balaban J connectivity index is 1.51. The first-order valence-corrected chi connectivity index (χ1v) is 11.9. The average molecular weight is 498 g/mol. The van der Waals surface area contributed by atoms with Crippen LogP contribution in [0, 0.1) is 0 Å². The molecule has 0 aliphatic rings. The average Bonchev–Trinajstić information content (AvgIpc) is 3.58. The largest absolute Gasteiger partial charge is 0.494 e. The van der Waals surface area contributed by atoms with Crippen LogP contribution < -0.4 is 15.2 Å². The van der Waals surface area contributed by atoms with Crippen LogP contribution >= 0.6 is 0 Å². The van der Waals surface area contributed by atoms with Gasteiger partial charge in [-0.15, -0.1) is 10.2 Å². The molecule has 1 N–H and O–H groups in total. The van der Waals surface area contributed by atoms with Crippen LogP contribution in [0.5, 0.6) is 11.5 Å². The molecule has 0 radical (unpaired) electrons. The second-order valence-corrected chi connectivity index (χ2v) is 8.47. The number of pyridine rings is 1. The quantitative estimate of drug-likeness (QED) is 0.329. The van der Waals surface area contributed by atoms with E-state index >= 15 is 0 Å². The van der Waals surface area contributed by atoms with Crippen molar-refractivity contribution in [1.82, 2.24) is 34.7 Å². The van der Waals surface area contributed by atoms with E-state index in [9.17, 15) is 4.79 Å². The van der Waals surface area contributed by atoms with Crippen LogP contribution in [-0.2, 0) is 13.0 Å². The van der Waals surface area contributed by atoms with Gasteiger partial charge in [-0.2, -0.15) is 5.21 Å². The zero-order valence-corrected chi connectivity index (χ0v) is 20.9. The number of nitrogens with zero attached hydrogens (tertiary/aromatic N) is 6. The number of nitrogens with one attached hydrogen (secondary N) is 1. The number of aromatic nitrogens is 7. The second-order valence-electron chi connectivity index (χ2n) is 8.47. The van der Waals surface area contributed by atoms with Crippen LogP contribution in [0.25, 0.3) is 28.2 Å². The van der Waals surface area contributed by atoms with Crippen LogP contribution in [0.4, 0.5) is 0 Å². The molecule has 0 amide bonds. The van der Waals surface area contributed by atoms with E-state index in [0.717, 1.165) is 40.8 Å². The first-order valence-electron chi connectivity index (χ1n) is 11.9. The maximum atomic E-state index is 13.7. The zero-order valence-electron chi connectivity index (χ0n) is 20.9. The van der Waals surface area contributed by atoms with Gasteiger partial charge in [0.2, 0.25) is 5.82 Å². The van der Waals surface area contributed by atoms with E-state index in [4.69, 9.17) is 9.47 Å². The predicted octanol–water partition coefficient (Wildman–Crippen LogP) is 3.90.